The van der Waals surface area contributed by atoms with Crippen molar-refractivity contribution < 1.29 is 5.11 Å². The van der Waals surface area contributed by atoms with Gasteiger partial charge >= 0.3 is 0 Å². The predicted molar refractivity (Wildman–Crippen MR) is 62.4 cm³/mol. The first-order chi connectivity index (χ1) is 6.31. The molecule has 0 radical (unpaired) electrons. The van der Waals surface area contributed by atoms with Gasteiger partial charge in [-0.1, -0.05) is 28.7 Å². The number of hydrogen-bond acceptors (Lipinski definition) is 2. The van der Waals surface area contributed by atoms with Crippen LogP contribution in [-0.2, 0) is 0 Å². The van der Waals surface area contributed by atoms with Gasteiger partial charge in [-0.15, -0.1) is 0 Å². The number of aliphatic hydroxyl groups is 1. The van der Waals surface area contributed by atoms with Crippen LogP contribution in [0.3, 0.4) is 0 Å². The second-order valence-electron chi connectivity index (χ2n) is 2.78. The quantitative estimate of drug-likeness (QED) is 0.699. The van der Waals surface area contributed by atoms with Crippen molar-refractivity contribution in [2.24, 2.45) is 0 Å². The minimum atomic E-state index is 0.220. The largest absolute Gasteiger partial charge is 0.494 e. The Morgan fingerprint density at radius 2 is 2.23 bits per heavy atom. The first kappa shape index (κ1) is 8.62. The summed E-state index contributed by atoms with van der Waals surface area (Å²) >= 11 is 2.20. The molecule has 1 aromatic rings. The molecular weight excluding hydrogens is 277 g/mol. The average molecular weight is 285 g/mol. The monoisotopic (exact) mass is 285 g/mol. The van der Waals surface area contributed by atoms with Crippen molar-refractivity contribution in [1.29, 1.82) is 0 Å². The number of hydrogen-bond donors (Lipinski definition) is 2. The Labute approximate surface area is 89.4 Å². The fourth-order valence-corrected chi connectivity index (χ4v) is 1.68. The molecule has 1 aromatic carbocycles. The zero-order chi connectivity index (χ0) is 9.26. The normalized spacial score (nSPS) is 15.5. The molecule has 2 N–H and O–H groups in total. The summed E-state index contributed by atoms with van der Waals surface area (Å²) in [4.78, 5) is 0. The second-order valence-corrected chi connectivity index (χ2v) is 3.40. The minimum Gasteiger partial charge on any atom is -0.494 e. The van der Waals surface area contributed by atoms with E-state index in [1.54, 1.807) is 6.20 Å². The van der Waals surface area contributed by atoms with E-state index < -0.39 is 0 Å². The molecule has 1 aliphatic heterocycles. The van der Waals surface area contributed by atoms with E-state index in [1.807, 2.05) is 28.4 Å². The van der Waals surface area contributed by atoms with Crippen LogP contribution in [0.25, 0.3) is 16.0 Å². The summed E-state index contributed by atoms with van der Waals surface area (Å²) in [6, 6.07) is 5.92. The molecule has 66 valence electrons. The molecule has 0 unspecified atom stereocenters. The second kappa shape index (κ2) is 3.41. The topological polar surface area (TPSA) is 32.3 Å². The Hall–Kier alpha value is -0.970. The fraction of sp³-hybridized carbons (Fsp3) is 0. The highest BCUT2D eigenvalue weighted by atomic mass is 127. The highest BCUT2D eigenvalue weighted by molar-refractivity contribution is 14.1. The smallest absolute Gasteiger partial charge is 0.196 e. The van der Waals surface area contributed by atoms with Crippen LogP contribution < -0.4 is 15.8 Å². The molecule has 2 rings (SSSR count). The molecule has 0 aromatic heterocycles. The first-order valence-corrected chi connectivity index (χ1v) is 5.12. The van der Waals surface area contributed by atoms with E-state index >= 15 is 0 Å². The Kier molecular flexibility index (Phi) is 2.26. The maximum Gasteiger partial charge on any atom is 0.196 e. The third-order valence-electron chi connectivity index (χ3n) is 1.94. The van der Waals surface area contributed by atoms with Crippen molar-refractivity contribution in [2.75, 3.05) is 0 Å². The molecule has 1 aliphatic rings. The van der Waals surface area contributed by atoms with Crippen LogP contribution in [0.15, 0.2) is 24.4 Å². The summed E-state index contributed by atoms with van der Waals surface area (Å²) in [6.45, 7) is 0. The highest BCUT2D eigenvalue weighted by Gasteiger charge is 2.01. The zero-order valence-electron chi connectivity index (χ0n) is 6.79. The molecule has 0 saturated heterocycles. The lowest BCUT2D eigenvalue weighted by Crippen LogP contribution is -2.23. The van der Waals surface area contributed by atoms with Crippen LogP contribution in [-0.4, -0.2) is 5.11 Å². The van der Waals surface area contributed by atoms with E-state index in [4.69, 9.17) is 0 Å². The van der Waals surface area contributed by atoms with E-state index in [9.17, 15) is 5.11 Å². The summed E-state index contributed by atoms with van der Waals surface area (Å²) in [6.07, 6.45) is 3.67. The third-order valence-corrected chi connectivity index (χ3v) is 2.66. The van der Waals surface area contributed by atoms with Crippen LogP contribution >= 0.6 is 22.6 Å². The molecule has 13 heavy (non-hydrogen) atoms. The number of halogens is 1. The number of benzene rings is 1. The molecule has 3 heteroatoms. The van der Waals surface area contributed by atoms with Crippen LogP contribution in [0.2, 0.25) is 0 Å². The molecule has 1 heterocycles. The van der Waals surface area contributed by atoms with Gasteiger partial charge in [0.05, 0.1) is 0 Å². The number of fused-ring (bicyclic) bond motifs is 1. The summed E-state index contributed by atoms with van der Waals surface area (Å²) < 4.78 is 2.00. The first-order valence-electron chi connectivity index (χ1n) is 3.88. The summed E-state index contributed by atoms with van der Waals surface area (Å²) in [5.41, 5.74) is 1.04. The summed E-state index contributed by atoms with van der Waals surface area (Å²) in [5.74, 6) is 0.220. The number of rotatable bonds is 0. The number of nitrogens with one attached hydrogen (secondary N) is 1. The lowest BCUT2D eigenvalue weighted by Gasteiger charge is -2.06. The third kappa shape index (κ3) is 1.56. The lowest BCUT2D eigenvalue weighted by molar-refractivity contribution is 0.473. The number of aliphatic hydroxyl groups excluding tert-OH is 1. The standard InChI is InChI=1S/C10H8INO/c11-6-7-1-2-9-8(5-7)3-4-12-10(9)13/h1-6,12-13H/b7-6+. The Bertz CT molecular complexity index is 476. The molecule has 0 bridgehead atoms. The van der Waals surface area contributed by atoms with Gasteiger partial charge in [0.2, 0.25) is 0 Å². The molecule has 0 amide bonds. The van der Waals surface area contributed by atoms with E-state index in [0.717, 1.165) is 16.0 Å². The van der Waals surface area contributed by atoms with E-state index in [1.165, 1.54) is 0 Å². The molecule has 0 aliphatic carbocycles. The SMILES string of the molecule is OC1=c2cc/c(=C\I)cc2C=CN1. The van der Waals surface area contributed by atoms with Crippen LogP contribution in [0.4, 0.5) is 0 Å². The van der Waals surface area contributed by atoms with Gasteiger partial charge in [0.25, 0.3) is 0 Å². The van der Waals surface area contributed by atoms with Gasteiger partial charge in [0.15, 0.2) is 5.88 Å². The van der Waals surface area contributed by atoms with E-state index in [2.05, 4.69) is 27.9 Å². The molecule has 0 spiro atoms. The molecule has 2 nitrogen and oxygen atoms in total. The van der Waals surface area contributed by atoms with E-state index in [0.29, 0.717) is 0 Å². The van der Waals surface area contributed by atoms with Crippen molar-refractivity contribution >= 4 is 38.6 Å². The average Bonchev–Trinajstić information content (AvgIpc) is 2.18. The van der Waals surface area contributed by atoms with E-state index in [-0.39, 0.29) is 5.88 Å². The Morgan fingerprint density at radius 3 is 3.00 bits per heavy atom. The van der Waals surface area contributed by atoms with Crippen LogP contribution in [0, 0.1) is 0 Å². The van der Waals surface area contributed by atoms with Crippen molar-refractivity contribution in [1.82, 2.24) is 5.32 Å². The Morgan fingerprint density at radius 1 is 1.38 bits per heavy atom. The van der Waals surface area contributed by atoms with Gasteiger partial charge < -0.3 is 10.4 Å². The zero-order valence-corrected chi connectivity index (χ0v) is 8.95. The summed E-state index contributed by atoms with van der Waals surface area (Å²) in [7, 11) is 0. The maximum atomic E-state index is 9.47. The van der Waals surface area contributed by atoms with Crippen LogP contribution in [0.5, 0.6) is 0 Å². The molecule has 0 atom stereocenters. The van der Waals surface area contributed by atoms with Gasteiger partial charge in [-0.05, 0) is 33.1 Å². The van der Waals surface area contributed by atoms with Crippen LogP contribution in [0.1, 0.15) is 5.56 Å². The van der Waals surface area contributed by atoms with Crippen molar-refractivity contribution in [3.63, 3.8) is 0 Å². The van der Waals surface area contributed by atoms with Crippen molar-refractivity contribution in [3.8, 4) is 0 Å². The highest BCUT2D eigenvalue weighted by Crippen LogP contribution is 1.98. The van der Waals surface area contributed by atoms with Gasteiger partial charge in [0.1, 0.15) is 0 Å². The molecular formula is C10H8INO. The Balaban J connectivity index is 2.79. The van der Waals surface area contributed by atoms with Gasteiger partial charge in [-0.25, -0.2) is 0 Å². The van der Waals surface area contributed by atoms with Crippen molar-refractivity contribution in [3.05, 3.63) is 40.4 Å². The molecule has 0 fully saturated rings. The minimum absolute atomic E-state index is 0.220. The lowest BCUT2D eigenvalue weighted by atomic mass is 10.1. The predicted octanol–water partition coefficient (Wildman–Crippen LogP) is 1.06. The van der Waals surface area contributed by atoms with Gasteiger partial charge in [0, 0.05) is 11.4 Å². The summed E-state index contributed by atoms with van der Waals surface area (Å²) in [5, 5.41) is 14.2. The molecule has 0 saturated carbocycles. The van der Waals surface area contributed by atoms with Crippen molar-refractivity contribution in [2.45, 2.75) is 0 Å². The fourth-order valence-electron chi connectivity index (χ4n) is 1.29. The van der Waals surface area contributed by atoms with Gasteiger partial charge in [-0.3, -0.25) is 0 Å². The van der Waals surface area contributed by atoms with Gasteiger partial charge in [-0.2, -0.15) is 0 Å². The maximum absolute atomic E-state index is 9.47.